The van der Waals surface area contributed by atoms with Gasteiger partial charge in [0.05, 0.1) is 19.7 Å². The van der Waals surface area contributed by atoms with E-state index in [4.69, 9.17) is 9.26 Å². The van der Waals surface area contributed by atoms with Crippen LogP contribution >= 0.6 is 0 Å². The third-order valence-corrected chi connectivity index (χ3v) is 4.04. The Hall–Kier alpha value is -2.04. The molecule has 1 aliphatic rings. The molecule has 0 atom stereocenters. The zero-order valence-corrected chi connectivity index (χ0v) is 15.7. The minimum atomic E-state index is -0.497. The molecule has 2 N–H and O–H groups in total. The summed E-state index contributed by atoms with van der Waals surface area (Å²) in [7, 11) is 1.55. The summed E-state index contributed by atoms with van der Waals surface area (Å²) in [6, 6.07) is -0.497. The number of amides is 3. The lowest BCUT2D eigenvalue weighted by Gasteiger charge is -2.33. The van der Waals surface area contributed by atoms with Gasteiger partial charge in [-0.05, 0) is 0 Å². The van der Waals surface area contributed by atoms with Crippen molar-refractivity contribution in [1.82, 2.24) is 30.6 Å². The highest BCUT2D eigenvalue weighted by Gasteiger charge is 2.21. The number of hydrogen-bond acceptors (Lipinski definition) is 8. The summed E-state index contributed by atoms with van der Waals surface area (Å²) >= 11 is 0. The summed E-state index contributed by atoms with van der Waals surface area (Å²) in [5.74, 6) is 1.27. The molecule has 1 aromatic heterocycles. The fourth-order valence-corrected chi connectivity index (χ4v) is 2.54. The van der Waals surface area contributed by atoms with Crippen LogP contribution in [0.15, 0.2) is 4.52 Å². The number of carbonyl (C=O) groups excluding carboxylic acids is 2. The van der Waals surface area contributed by atoms with Gasteiger partial charge in [-0.2, -0.15) is 4.98 Å². The Morgan fingerprint density at radius 1 is 1.23 bits per heavy atom. The van der Waals surface area contributed by atoms with Gasteiger partial charge in [0.15, 0.2) is 5.82 Å². The van der Waals surface area contributed by atoms with Crippen molar-refractivity contribution in [2.75, 3.05) is 53.0 Å². The van der Waals surface area contributed by atoms with E-state index in [2.05, 4.69) is 25.7 Å². The highest BCUT2D eigenvalue weighted by atomic mass is 16.5. The average Bonchev–Trinajstić information content (AvgIpc) is 3.05. The third-order valence-electron chi connectivity index (χ3n) is 4.04. The van der Waals surface area contributed by atoms with E-state index >= 15 is 0 Å². The van der Waals surface area contributed by atoms with Crippen molar-refractivity contribution < 1.29 is 18.8 Å². The zero-order valence-electron chi connectivity index (χ0n) is 15.7. The summed E-state index contributed by atoms with van der Waals surface area (Å²) in [4.78, 5) is 32.0. The Kier molecular flexibility index (Phi) is 7.95. The van der Waals surface area contributed by atoms with Crippen molar-refractivity contribution in [3.8, 4) is 0 Å². The molecule has 0 aliphatic carbocycles. The highest BCUT2D eigenvalue weighted by Crippen LogP contribution is 2.12. The summed E-state index contributed by atoms with van der Waals surface area (Å²) in [5, 5.41) is 8.84. The smallest absolute Gasteiger partial charge is 0.321 e. The molecule has 10 heteroatoms. The van der Waals surface area contributed by atoms with E-state index in [0.717, 1.165) is 32.0 Å². The zero-order chi connectivity index (χ0) is 18.9. The highest BCUT2D eigenvalue weighted by molar-refractivity contribution is 5.95. The second-order valence-corrected chi connectivity index (χ2v) is 6.55. The third kappa shape index (κ3) is 6.70. The van der Waals surface area contributed by atoms with Crippen LogP contribution in [0.25, 0.3) is 0 Å². The fourth-order valence-electron chi connectivity index (χ4n) is 2.54. The number of hydrogen-bond donors (Lipinski definition) is 2. The predicted octanol–water partition coefficient (Wildman–Crippen LogP) is -0.217. The summed E-state index contributed by atoms with van der Waals surface area (Å²) in [6.45, 7) is 8.70. The van der Waals surface area contributed by atoms with Crippen molar-refractivity contribution in [3.63, 3.8) is 0 Å². The number of carbonyl (C=O) groups is 2. The fraction of sp³-hybridized carbons (Fsp3) is 0.750. The van der Waals surface area contributed by atoms with Crippen molar-refractivity contribution in [3.05, 3.63) is 11.7 Å². The number of ether oxygens (including phenoxy) is 1. The van der Waals surface area contributed by atoms with Crippen LogP contribution in [0.5, 0.6) is 0 Å². The molecule has 10 nitrogen and oxygen atoms in total. The molecule has 146 valence electrons. The molecule has 0 spiro atoms. The predicted molar refractivity (Wildman–Crippen MR) is 93.5 cm³/mol. The maximum absolute atomic E-state index is 11.9. The first-order chi connectivity index (χ1) is 12.5. The topological polar surface area (TPSA) is 113 Å². The lowest BCUT2D eigenvalue weighted by Crippen LogP contribution is -2.51. The molecule has 0 aromatic carbocycles. The quantitative estimate of drug-likeness (QED) is 0.606. The minimum absolute atomic E-state index is 0.198. The Morgan fingerprint density at radius 2 is 1.92 bits per heavy atom. The molecule has 0 saturated carbocycles. The lowest BCUT2D eigenvalue weighted by molar-refractivity contribution is -0.121. The van der Waals surface area contributed by atoms with Crippen LogP contribution in [0.3, 0.4) is 0 Å². The van der Waals surface area contributed by atoms with Gasteiger partial charge < -0.3 is 14.6 Å². The first-order valence-corrected chi connectivity index (χ1v) is 8.81. The molecule has 26 heavy (non-hydrogen) atoms. The maximum Gasteiger partial charge on any atom is 0.321 e. The second-order valence-electron chi connectivity index (χ2n) is 6.55. The van der Waals surface area contributed by atoms with Crippen molar-refractivity contribution in [1.29, 1.82) is 0 Å². The van der Waals surface area contributed by atoms with Gasteiger partial charge in [0.25, 0.3) is 0 Å². The first-order valence-electron chi connectivity index (χ1n) is 8.81. The molecule has 0 radical (unpaired) electrons. The Balaban J connectivity index is 1.66. The summed E-state index contributed by atoms with van der Waals surface area (Å²) in [6.07, 6.45) is 0. The SMILES string of the molecule is COCCNC(=O)NC(=O)CN1CCN(Cc2nc(C(C)C)no2)CC1. The largest absolute Gasteiger partial charge is 0.383 e. The molecule has 2 rings (SSSR count). The van der Waals surface area contributed by atoms with Gasteiger partial charge in [-0.3, -0.25) is 19.9 Å². The number of nitrogens with zero attached hydrogens (tertiary/aromatic N) is 4. The van der Waals surface area contributed by atoms with Crippen LogP contribution in [0.2, 0.25) is 0 Å². The summed E-state index contributed by atoms with van der Waals surface area (Å²) < 4.78 is 10.1. The lowest BCUT2D eigenvalue weighted by atomic mass is 10.2. The van der Waals surface area contributed by atoms with Crippen molar-refractivity contribution in [2.24, 2.45) is 0 Å². The van der Waals surface area contributed by atoms with Gasteiger partial charge in [-0.25, -0.2) is 4.79 Å². The molecule has 0 bridgehead atoms. The van der Waals surface area contributed by atoms with E-state index in [0.29, 0.717) is 25.6 Å². The number of aromatic nitrogens is 2. The average molecular weight is 368 g/mol. The number of imide groups is 1. The number of urea groups is 1. The van der Waals surface area contributed by atoms with Gasteiger partial charge in [0.2, 0.25) is 11.8 Å². The number of nitrogens with one attached hydrogen (secondary N) is 2. The molecule has 2 heterocycles. The van der Waals surface area contributed by atoms with Gasteiger partial charge in [-0.1, -0.05) is 19.0 Å². The van der Waals surface area contributed by atoms with Crippen molar-refractivity contribution in [2.45, 2.75) is 26.3 Å². The molecule has 1 saturated heterocycles. The normalized spacial score (nSPS) is 16.0. The molecule has 3 amide bonds. The van der Waals surface area contributed by atoms with E-state index in [1.54, 1.807) is 7.11 Å². The van der Waals surface area contributed by atoms with Gasteiger partial charge in [0, 0.05) is 45.8 Å². The Bertz CT molecular complexity index is 583. The molecule has 1 aliphatic heterocycles. The Labute approximate surface area is 153 Å². The van der Waals surface area contributed by atoms with Crippen LogP contribution in [0, 0.1) is 0 Å². The Morgan fingerprint density at radius 3 is 2.54 bits per heavy atom. The van der Waals surface area contributed by atoms with Crippen molar-refractivity contribution >= 4 is 11.9 Å². The van der Waals surface area contributed by atoms with Crippen LogP contribution < -0.4 is 10.6 Å². The van der Waals surface area contributed by atoms with E-state index in [9.17, 15) is 9.59 Å². The number of methoxy groups -OCH3 is 1. The van der Waals surface area contributed by atoms with Gasteiger partial charge in [0.1, 0.15) is 0 Å². The first kappa shape index (κ1) is 20.3. The van der Waals surface area contributed by atoms with E-state index in [1.165, 1.54) is 0 Å². The van der Waals surface area contributed by atoms with Gasteiger partial charge >= 0.3 is 6.03 Å². The van der Waals surface area contributed by atoms with Crippen LogP contribution in [0.1, 0.15) is 31.5 Å². The molecular weight excluding hydrogens is 340 g/mol. The minimum Gasteiger partial charge on any atom is -0.383 e. The number of piperazine rings is 1. The second kappa shape index (κ2) is 10.2. The van der Waals surface area contributed by atoms with E-state index in [1.807, 2.05) is 18.7 Å². The van der Waals surface area contributed by atoms with E-state index < -0.39 is 6.03 Å². The molecule has 0 unspecified atom stereocenters. The standard InChI is InChI=1S/C16H28N6O4/c1-12(2)15-19-14(26-20-15)11-22-7-5-21(6-8-22)10-13(23)18-16(24)17-4-9-25-3/h12H,4-11H2,1-3H3,(H2,17,18,23,24). The maximum atomic E-state index is 11.9. The monoisotopic (exact) mass is 368 g/mol. The van der Waals surface area contributed by atoms with E-state index in [-0.39, 0.29) is 18.4 Å². The summed E-state index contributed by atoms with van der Waals surface area (Å²) in [5.41, 5.74) is 0. The van der Waals surface area contributed by atoms with Crippen LogP contribution in [-0.2, 0) is 16.1 Å². The van der Waals surface area contributed by atoms with Crippen LogP contribution in [0.4, 0.5) is 4.79 Å². The molecular formula is C16H28N6O4. The molecule has 1 aromatic rings. The van der Waals surface area contributed by atoms with Crippen LogP contribution in [-0.4, -0.2) is 84.9 Å². The van der Waals surface area contributed by atoms with Gasteiger partial charge in [-0.15, -0.1) is 0 Å². The molecule has 1 fully saturated rings. The number of rotatable bonds is 8.